The summed E-state index contributed by atoms with van der Waals surface area (Å²) in [5.74, 6) is -0.628. The lowest BCUT2D eigenvalue weighted by Gasteiger charge is -2.13. The van der Waals surface area contributed by atoms with Gasteiger partial charge in [0.05, 0.1) is 0 Å². The Morgan fingerprint density at radius 1 is 1.33 bits per heavy atom. The Hall–Kier alpha value is -2.70. The molecular formula is C17H21N3O4. The molecule has 1 amide bonds. The largest absolute Gasteiger partial charge is 0.480 e. The van der Waals surface area contributed by atoms with Gasteiger partial charge in [0.15, 0.2) is 0 Å². The molecule has 0 aliphatic heterocycles. The number of aliphatic carboxylic acids is 1. The maximum atomic E-state index is 12.1. The van der Waals surface area contributed by atoms with Gasteiger partial charge >= 0.3 is 5.97 Å². The van der Waals surface area contributed by atoms with Gasteiger partial charge in [-0.05, 0) is 24.5 Å². The third-order valence-corrected chi connectivity index (χ3v) is 3.25. The molecule has 0 aliphatic carbocycles. The van der Waals surface area contributed by atoms with Crippen LogP contribution in [-0.2, 0) is 11.2 Å². The van der Waals surface area contributed by atoms with Crippen LogP contribution in [-0.4, -0.2) is 33.2 Å². The highest BCUT2D eigenvalue weighted by atomic mass is 16.5. The predicted octanol–water partition coefficient (Wildman–Crippen LogP) is 2.53. The molecule has 2 aromatic rings. The number of carbonyl (C=O) groups excluding carboxylic acids is 1. The number of carbonyl (C=O) groups is 2. The highest BCUT2D eigenvalue weighted by molar-refractivity contribution is 5.97. The number of benzene rings is 1. The van der Waals surface area contributed by atoms with Crippen molar-refractivity contribution in [2.75, 3.05) is 0 Å². The van der Waals surface area contributed by atoms with Gasteiger partial charge in [-0.15, -0.1) is 0 Å². The predicted molar refractivity (Wildman–Crippen MR) is 87.5 cm³/mol. The van der Waals surface area contributed by atoms with Crippen molar-refractivity contribution in [3.8, 4) is 11.4 Å². The average Bonchev–Trinajstić information content (AvgIpc) is 2.93. The summed E-state index contributed by atoms with van der Waals surface area (Å²) >= 11 is 0. The zero-order valence-electron chi connectivity index (χ0n) is 14.2. The molecule has 1 atom stereocenters. The molecule has 0 spiro atoms. The minimum Gasteiger partial charge on any atom is -0.480 e. The maximum absolute atomic E-state index is 12.1. The Balaban J connectivity index is 2.18. The van der Waals surface area contributed by atoms with Crippen molar-refractivity contribution >= 4 is 11.9 Å². The molecule has 24 heavy (non-hydrogen) atoms. The minimum absolute atomic E-state index is 0.0263. The quantitative estimate of drug-likeness (QED) is 0.872. The van der Waals surface area contributed by atoms with E-state index in [2.05, 4.69) is 36.2 Å². The van der Waals surface area contributed by atoms with E-state index in [1.165, 1.54) is 6.92 Å². The summed E-state index contributed by atoms with van der Waals surface area (Å²) in [4.78, 5) is 27.3. The van der Waals surface area contributed by atoms with Gasteiger partial charge in [0.2, 0.25) is 11.7 Å². The highest BCUT2D eigenvalue weighted by Gasteiger charge is 2.19. The minimum atomic E-state index is -1.09. The molecular weight excluding hydrogens is 310 g/mol. The molecule has 1 aromatic carbocycles. The second-order valence-electron chi connectivity index (χ2n) is 6.86. The molecule has 2 rings (SSSR count). The first-order valence-electron chi connectivity index (χ1n) is 7.62. The van der Waals surface area contributed by atoms with E-state index < -0.39 is 17.9 Å². The van der Waals surface area contributed by atoms with E-state index in [1.807, 2.05) is 0 Å². The summed E-state index contributed by atoms with van der Waals surface area (Å²) in [6.07, 6.45) is 0.649. The lowest BCUT2D eigenvalue weighted by molar-refractivity contribution is -0.138. The van der Waals surface area contributed by atoms with Crippen molar-refractivity contribution in [2.45, 2.75) is 40.2 Å². The first kappa shape index (κ1) is 17.7. The van der Waals surface area contributed by atoms with Crippen LogP contribution < -0.4 is 5.32 Å². The van der Waals surface area contributed by atoms with Gasteiger partial charge in [-0.3, -0.25) is 9.59 Å². The van der Waals surface area contributed by atoms with Crippen LogP contribution >= 0.6 is 0 Å². The molecule has 0 aliphatic rings. The summed E-state index contributed by atoms with van der Waals surface area (Å²) in [5.41, 5.74) is 0.996. The summed E-state index contributed by atoms with van der Waals surface area (Å²) in [6, 6.07) is 5.70. The van der Waals surface area contributed by atoms with Crippen molar-refractivity contribution in [2.24, 2.45) is 5.41 Å². The maximum Gasteiger partial charge on any atom is 0.325 e. The molecule has 128 valence electrons. The standard InChI is InChI=1S/C17H21N3O4/c1-10(16(22)23)18-15(21)12-7-5-6-11(8-12)14-19-13(24-20-14)9-17(2,3)4/h5-8,10H,9H2,1-4H3,(H,18,21)(H,22,23). The topological polar surface area (TPSA) is 105 Å². The fourth-order valence-corrected chi connectivity index (χ4v) is 2.04. The Labute approximate surface area is 140 Å². The van der Waals surface area contributed by atoms with Gasteiger partial charge in [-0.2, -0.15) is 4.98 Å². The van der Waals surface area contributed by atoms with E-state index >= 15 is 0 Å². The Morgan fingerprint density at radius 3 is 2.67 bits per heavy atom. The van der Waals surface area contributed by atoms with Crippen LogP contribution in [0.25, 0.3) is 11.4 Å². The SMILES string of the molecule is CC(NC(=O)c1cccc(-c2noc(CC(C)(C)C)n2)c1)C(=O)O. The zero-order valence-corrected chi connectivity index (χ0v) is 14.2. The van der Waals surface area contributed by atoms with Gasteiger partial charge < -0.3 is 14.9 Å². The number of carboxylic acid groups (broad SMARTS) is 1. The Kier molecular flexibility index (Phi) is 5.02. The smallest absolute Gasteiger partial charge is 0.325 e. The molecule has 0 radical (unpaired) electrons. The van der Waals surface area contributed by atoms with E-state index in [1.54, 1.807) is 24.3 Å². The van der Waals surface area contributed by atoms with Crippen molar-refractivity contribution in [3.63, 3.8) is 0 Å². The normalized spacial score (nSPS) is 12.7. The fourth-order valence-electron chi connectivity index (χ4n) is 2.04. The van der Waals surface area contributed by atoms with Gasteiger partial charge in [-0.25, -0.2) is 0 Å². The Morgan fingerprint density at radius 2 is 2.04 bits per heavy atom. The molecule has 0 saturated carbocycles. The van der Waals surface area contributed by atoms with E-state index in [9.17, 15) is 9.59 Å². The number of nitrogens with one attached hydrogen (secondary N) is 1. The third-order valence-electron chi connectivity index (χ3n) is 3.25. The molecule has 0 bridgehead atoms. The summed E-state index contributed by atoms with van der Waals surface area (Å²) in [7, 11) is 0. The van der Waals surface area contributed by atoms with E-state index in [0.29, 0.717) is 29.3 Å². The van der Waals surface area contributed by atoms with Crippen LogP contribution in [0.5, 0.6) is 0 Å². The molecule has 1 aromatic heterocycles. The van der Waals surface area contributed by atoms with Gasteiger partial charge in [-0.1, -0.05) is 38.1 Å². The number of aromatic nitrogens is 2. The second kappa shape index (κ2) is 6.82. The lowest BCUT2D eigenvalue weighted by atomic mass is 9.92. The monoisotopic (exact) mass is 331 g/mol. The molecule has 0 saturated heterocycles. The summed E-state index contributed by atoms with van der Waals surface area (Å²) in [5, 5.41) is 15.2. The van der Waals surface area contributed by atoms with E-state index in [-0.39, 0.29) is 5.41 Å². The van der Waals surface area contributed by atoms with E-state index in [4.69, 9.17) is 9.63 Å². The number of carboxylic acids is 1. The van der Waals surface area contributed by atoms with Crippen LogP contribution in [0.1, 0.15) is 43.9 Å². The molecule has 1 unspecified atom stereocenters. The van der Waals surface area contributed by atoms with Crippen molar-refractivity contribution in [3.05, 3.63) is 35.7 Å². The van der Waals surface area contributed by atoms with Crippen molar-refractivity contribution in [1.29, 1.82) is 0 Å². The Bertz CT molecular complexity index is 746. The lowest BCUT2D eigenvalue weighted by Crippen LogP contribution is -2.38. The molecule has 0 fully saturated rings. The zero-order chi connectivity index (χ0) is 17.9. The molecule has 1 heterocycles. The highest BCUT2D eigenvalue weighted by Crippen LogP contribution is 2.22. The number of rotatable bonds is 5. The number of hydrogen-bond acceptors (Lipinski definition) is 5. The van der Waals surface area contributed by atoms with Gasteiger partial charge in [0.25, 0.3) is 5.91 Å². The number of hydrogen-bond donors (Lipinski definition) is 2. The molecule has 7 heteroatoms. The van der Waals surface area contributed by atoms with Crippen molar-refractivity contribution in [1.82, 2.24) is 15.5 Å². The van der Waals surface area contributed by atoms with Gasteiger partial charge in [0.1, 0.15) is 6.04 Å². The summed E-state index contributed by atoms with van der Waals surface area (Å²) in [6.45, 7) is 7.63. The van der Waals surface area contributed by atoms with Crippen LogP contribution in [0.15, 0.2) is 28.8 Å². The van der Waals surface area contributed by atoms with Crippen molar-refractivity contribution < 1.29 is 19.2 Å². The molecule has 7 nitrogen and oxygen atoms in total. The van der Waals surface area contributed by atoms with Gasteiger partial charge in [0, 0.05) is 17.5 Å². The van der Waals surface area contributed by atoms with Crippen LogP contribution in [0, 0.1) is 5.41 Å². The first-order chi connectivity index (χ1) is 11.2. The first-order valence-corrected chi connectivity index (χ1v) is 7.62. The summed E-state index contributed by atoms with van der Waals surface area (Å²) < 4.78 is 5.25. The third kappa shape index (κ3) is 4.65. The van der Waals surface area contributed by atoms with Crippen LogP contribution in [0.4, 0.5) is 0 Å². The average molecular weight is 331 g/mol. The van der Waals surface area contributed by atoms with Crippen LogP contribution in [0.2, 0.25) is 0 Å². The van der Waals surface area contributed by atoms with E-state index in [0.717, 1.165) is 0 Å². The van der Waals surface area contributed by atoms with Crippen LogP contribution in [0.3, 0.4) is 0 Å². The second-order valence-corrected chi connectivity index (χ2v) is 6.86. The number of amides is 1. The number of nitrogens with zero attached hydrogens (tertiary/aromatic N) is 2. The molecule has 2 N–H and O–H groups in total. The fraction of sp³-hybridized carbons (Fsp3) is 0.412.